The highest BCUT2D eigenvalue weighted by atomic mass is 16.3. The molecule has 0 fully saturated rings. The fourth-order valence-electron chi connectivity index (χ4n) is 0.261. The van der Waals surface area contributed by atoms with Crippen molar-refractivity contribution in [1.29, 1.82) is 5.26 Å². The van der Waals surface area contributed by atoms with Gasteiger partial charge in [0.2, 0.25) is 0 Å². The van der Waals surface area contributed by atoms with Crippen molar-refractivity contribution in [1.82, 2.24) is 0 Å². The van der Waals surface area contributed by atoms with Crippen molar-refractivity contribution < 1.29 is 5.11 Å². The monoisotopic (exact) mass is 111 g/mol. The maximum Gasteiger partial charge on any atom is 0.0874 e. The van der Waals surface area contributed by atoms with Crippen LogP contribution in [-0.2, 0) is 0 Å². The molecule has 0 bridgehead atoms. The number of aliphatic hydroxyl groups is 1. The summed E-state index contributed by atoms with van der Waals surface area (Å²) in [5.74, 6) is 0. The normalized spacial score (nSPS) is 12.1. The molecule has 1 N–H and O–H groups in total. The van der Waals surface area contributed by atoms with Crippen LogP contribution in [-0.4, -0.2) is 11.2 Å². The van der Waals surface area contributed by atoms with Crippen LogP contribution in [0.2, 0.25) is 0 Å². The Labute approximate surface area is 49.1 Å². The first-order chi connectivity index (χ1) is 3.68. The number of hydrogen-bond acceptors (Lipinski definition) is 2. The van der Waals surface area contributed by atoms with E-state index in [-0.39, 0.29) is 6.42 Å². The van der Waals surface area contributed by atoms with Crippen LogP contribution in [0.15, 0.2) is 12.2 Å². The lowest BCUT2D eigenvalue weighted by Gasteiger charge is -2.01. The predicted octanol–water partition coefficient (Wildman–Crippen LogP) is 0.837. The maximum atomic E-state index is 8.80. The summed E-state index contributed by atoms with van der Waals surface area (Å²) in [6, 6.07) is 1.84. The fourth-order valence-corrected chi connectivity index (χ4v) is 0.261. The molecule has 0 rings (SSSR count). The van der Waals surface area contributed by atoms with E-state index >= 15 is 0 Å². The third kappa shape index (κ3) is 2.38. The first kappa shape index (κ1) is 7.19. The zero-order valence-electron chi connectivity index (χ0n) is 4.89. The molecule has 0 aliphatic rings. The smallest absolute Gasteiger partial charge is 0.0874 e. The van der Waals surface area contributed by atoms with Gasteiger partial charge in [0, 0.05) is 0 Å². The minimum Gasteiger partial charge on any atom is -0.388 e. The quantitative estimate of drug-likeness (QED) is 0.536. The van der Waals surface area contributed by atoms with Crippen LogP contribution < -0.4 is 0 Å². The second-order valence-electron chi connectivity index (χ2n) is 1.72. The van der Waals surface area contributed by atoms with E-state index in [9.17, 15) is 0 Å². The van der Waals surface area contributed by atoms with Gasteiger partial charge in [0.15, 0.2) is 0 Å². The van der Waals surface area contributed by atoms with Crippen molar-refractivity contribution in [2.75, 3.05) is 0 Å². The second kappa shape index (κ2) is 3.23. The van der Waals surface area contributed by atoms with Crippen molar-refractivity contribution in [3.63, 3.8) is 0 Å². The molecule has 1 unspecified atom stereocenters. The molecule has 44 valence electrons. The summed E-state index contributed by atoms with van der Waals surface area (Å²) in [4.78, 5) is 0. The van der Waals surface area contributed by atoms with E-state index in [4.69, 9.17) is 10.4 Å². The summed E-state index contributed by atoms with van der Waals surface area (Å²) in [5.41, 5.74) is 0.645. The standard InChI is InChI=1S/C6H9NO/c1-5(2)6(8)3-4-7/h6,8H,1,3H2,2H3. The van der Waals surface area contributed by atoms with Gasteiger partial charge in [0.1, 0.15) is 0 Å². The fraction of sp³-hybridized carbons (Fsp3) is 0.500. The van der Waals surface area contributed by atoms with Gasteiger partial charge in [-0.25, -0.2) is 0 Å². The summed E-state index contributed by atoms with van der Waals surface area (Å²) in [5, 5.41) is 16.8. The highest BCUT2D eigenvalue weighted by Crippen LogP contribution is 1.99. The molecule has 0 radical (unpaired) electrons. The molecule has 0 aromatic carbocycles. The molecule has 8 heavy (non-hydrogen) atoms. The lowest BCUT2D eigenvalue weighted by atomic mass is 10.1. The van der Waals surface area contributed by atoms with Crippen molar-refractivity contribution in [3.05, 3.63) is 12.2 Å². The molecule has 0 saturated carbocycles. The highest BCUT2D eigenvalue weighted by molar-refractivity contribution is 5.00. The number of hydrogen-bond donors (Lipinski definition) is 1. The van der Waals surface area contributed by atoms with E-state index in [1.54, 1.807) is 6.92 Å². The van der Waals surface area contributed by atoms with Crippen molar-refractivity contribution in [2.45, 2.75) is 19.4 Å². The van der Waals surface area contributed by atoms with Gasteiger partial charge in [0.05, 0.1) is 18.6 Å². The largest absolute Gasteiger partial charge is 0.388 e. The Morgan fingerprint density at radius 1 is 2.00 bits per heavy atom. The van der Waals surface area contributed by atoms with Gasteiger partial charge in [-0.3, -0.25) is 0 Å². The third-order valence-corrected chi connectivity index (χ3v) is 0.853. The third-order valence-electron chi connectivity index (χ3n) is 0.853. The van der Waals surface area contributed by atoms with Crippen LogP contribution in [0.1, 0.15) is 13.3 Å². The Kier molecular flexibility index (Phi) is 2.90. The molecule has 0 amide bonds. The summed E-state index contributed by atoms with van der Waals surface area (Å²) >= 11 is 0. The van der Waals surface area contributed by atoms with Crippen molar-refractivity contribution in [3.8, 4) is 6.07 Å². The van der Waals surface area contributed by atoms with Crippen molar-refractivity contribution >= 4 is 0 Å². The first-order valence-corrected chi connectivity index (χ1v) is 2.39. The lowest BCUT2D eigenvalue weighted by molar-refractivity contribution is 0.217. The number of nitrogens with zero attached hydrogens (tertiary/aromatic N) is 1. The molecule has 0 aromatic rings. The van der Waals surface area contributed by atoms with Crippen molar-refractivity contribution in [2.24, 2.45) is 0 Å². The first-order valence-electron chi connectivity index (χ1n) is 2.39. The Morgan fingerprint density at radius 2 is 2.50 bits per heavy atom. The SMILES string of the molecule is C=C(C)C(O)CC#N. The average molecular weight is 111 g/mol. The summed E-state index contributed by atoms with van der Waals surface area (Å²) in [6.07, 6.45) is -0.491. The molecule has 1 atom stereocenters. The minimum absolute atomic E-state index is 0.148. The van der Waals surface area contributed by atoms with Crippen LogP contribution in [0, 0.1) is 11.3 Å². The van der Waals surface area contributed by atoms with Gasteiger partial charge in [-0.1, -0.05) is 12.2 Å². The molecule has 0 aliphatic carbocycles. The summed E-state index contributed by atoms with van der Waals surface area (Å²) < 4.78 is 0. The van der Waals surface area contributed by atoms with E-state index in [0.717, 1.165) is 0 Å². The average Bonchev–Trinajstić information content (AvgIpc) is 1.67. The molecule has 0 spiro atoms. The van der Waals surface area contributed by atoms with E-state index in [1.807, 2.05) is 6.07 Å². The van der Waals surface area contributed by atoms with Crippen LogP contribution >= 0.6 is 0 Å². The molecule has 2 nitrogen and oxygen atoms in total. The molecule has 0 aromatic heterocycles. The lowest BCUT2D eigenvalue weighted by Crippen LogP contribution is -2.04. The van der Waals surface area contributed by atoms with Crippen LogP contribution in [0.5, 0.6) is 0 Å². The molecule has 0 saturated heterocycles. The zero-order chi connectivity index (χ0) is 6.57. The minimum atomic E-state index is -0.639. The van der Waals surface area contributed by atoms with Gasteiger partial charge in [0.25, 0.3) is 0 Å². The Morgan fingerprint density at radius 3 is 2.62 bits per heavy atom. The zero-order valence-corrected chi connectivity index (χ0v) is 4.89. The Hall–Kier alpha value is -0.810. The molecular formula is C6H9NO. The summed E-state index contributed by atoms with van der Waals surface area (Å²) in [6.45, 7) is 5.17. The van der Waals surface area contributed by atoms with Crippen LogP contribution in [0.3, 0.4) is 0 Å². The van der Waals surface area contributed by atoms with Gasteiger partial charge < -0.3 is 5.11 Å². The number of rotatable bonds is 2. The van der Waals surface area contributed by atoms with Crippen LogP contribution in [0.25, 0.3) is 0 Å². The van der Waals surface area contributed by atoms with Gasteiger partial charge in [-0.2, -0.15) is 5.26 Å². The van der Waals surface area contributed by atoms with E-state index in [1.165, 1.54) is 0 Å². The number of nitriles is 1. The molecule has 2 heteroatoms. The molecule has 0 heterocycles. The van der Waals surface area contributed by atoms with E-state index < -0.39 is 6.10 Å². The molecule has 0 aliphatic heterocycles. The highest BCUT2D eigenvalue weighted by Gasteiger charge is 2.00. The predicted molar refractivity (Wildman–Crippen MR) is 31.1 cm³/mol. The second-order valence-corrected chi connectivity index (χ2v) is 1.72. The van der Waals surface area contributed by atoms with E-state index in [0.29, 0.717) is 5.57 Å². The topological polar surface area (TPSA) is 44.0 Å². The maximum absolute atomic E-state index is 8.80. The van der Waals surface area contributed by atoms with Crippen LogP contribution in [0.4, 0.5) is 0 Å². The Bertz CT molecular complexity index is 123. The van der Waals surface area contributed by atoms with Gasteiger partial charge in [-0.15, -0.1) is 0 Å². The molecular weight excluding hydrogens is 102 g/mol. The van der Waals surface area contributed by atoms with Gasteiger partial charge in [-0.05, 0) is 6.92 Å². The summed E-state index contributed by atoms with van der Waals surface area (Å²) in [7, 11) is 0. The number of aliphatic hydroxyl groups excluding tert-OH is 1. The van der Waals surface area contributed by atoms with Gasteiger partial charge >= 0.3 is 0 Å². The Balaban J connectivity index is 3.52. The van der Waals surface area contributed by atoms with E-state index in [2.05, 4.69) is 6.58 Å².